The van der Waals surface area contributed by atoms with Gasteiger partial charge in [0.05, 0.1) is 6.04 Å². The number of pyridine rings is 1. The fourth-order valence-corrected chi connectivity index (χ4v) is 2.53. The Labute approximate surface area is 138 Å². The molecule has 0 fully saturated rings. The summed E-state index contributed by atoms with van der Waals surface area (Å²) < 4.78 is 1.26. The maximum Gasteiger partial charge on any atom is 0.274 e. The molecule has 2 heterocycles. The number of benzene rings is 1. The van der Waals surface area contributed by atoms with Crippen LogP contribution in [0.4, 0.5) is 0 Å². The summed E-state index contributed by atoms with van der Waals surface area (Å²) in [6, 6.07) is 12.4. The van der Waals surface area contributed by atoms with Crippen molar-refractivity contribution in [2.24, 2.45) is 0 Å². The minimum atomic E-state index is -0.655. The molecule has 0 aliphatic carbocycles. The number of aromatic hydroxyl groups is 1. The maximum absolute atomic E-state index is 12.6. The Hall–Kier alpha value is -3.15. The van der Waals surface area contributed by atoms with Gasteiger partial charge in [0.15, 0.2) is 5.56 Å². The number of aromatic nitrogens is 2. The third-order valence-electron chi connectivity index (χ3n) is 3.83. The summed E-state index contributed by atoms with van der Waals surface area (Å²) in [6.45, 7) is 3.64. The molecule has 0 radical (unpaired) electrons. The van der Waals surface area contributed by atoms with Gasteiger partial charge in [-0.3, -0.25) is 14.0 Å². The molecule has 0 aliphatic heterocycles. The average molecular weight is 323 g/mol. The highest BCUT2D eigenvalue weighted by Crippen LogP contribution is 2.15. The van der Waals surface area contributed by atoms with Gasteiger partial charge in [-0.05, 0) is 31.0 Å². The standard InChI is InChI=1S/C18H17N3O3/c1-11-8-9-14-20-17(23)15(18(24)21(14)10-11)16(22)19-12(2)13-6-4-3-5-7-13/h3-10,12,23H,1-2H3,(H,19,22). The molecule has 6 nitrogen and oxygen atoms in total. The van der Waals surface area contributed by atoms with Gasteiger partial charge in [0.25, 0.3) is 11.5 Å². The lowest BCUT2D eigenvalue weighted by molar-refractivity contribution is 0.0934. The topological polar surface area (TPSA) is 83.7 Å². The van der Waals surface area contributed by atoms with Gasteiger partial charge in [0.2, 0.25) is 5.88 Å². The van der Waals surface area contributed by atoms with Crippen LogP contribution in [0.3, 0.4) is 0 Å². The van der Waals surface area contributed by atoms with Crippen LogP contribution in [0.2, 0.25) is 0 Å². The molecule has 1 aromatic carbocycles. The van der Waals surface area contributed by atoms with Crippen LogP contribution >= 0.6 is 0 Å². The minimum Gasteiger partial charge on any atom is -0.493 e. The fourth-order valence-electron chi connectivity index (χ4n) is 2.53. The first-order chi connectivity index (χ1) is 11.5. The Morgan fingerprint density at radius 2 is 1.92 bits per heavy atom. The number of hydrogen-bond donors (Lipinski definition) is 2. The molecule has 6 heteroatoms. The molecule has 1 unspecified atom stereocenters. The van der Waals surface area contributed by atoms with Gasteiger partial charge in [0, 0.05) is 6.20 Å². The molecule has 0 spiro atoms. The molecule has 0 saturated heterocycles. The van der Waals surface area contributed by atoms with Crippen LogP contribution in [-0.4, -0.2) is 20.4 Å². The Bertz CT molecular complexity index is 964. The van der Waals surface area contributed by atoms with Crippen molar-refractivity contribution in [1.29, 1.82) is 0 Å². The molecule has 2 aromatic heterocycles. The van der Waals surface area contributed by atoms with Crippen LogP contribution in [0.1, 0.15) is 34.5 Å². The van der Waals surface area contributed by atoms with E-state index >= 15 is 0 Å². The second-order valence-electron chi connectivity index (χ2n) is 5.66. The smallest absolute Gasteiger partial charge is 0.274 e. The zero-order valence-electron chi connectivity index (χ0n) is 13.4. The number of amides is 1. The van der Waals surface area contributed by atoms with Crippen LogP contribution in [-0.2, 0) is 0 Å². The molecule has 0 saturated carbocycles. The summed E-state index contributed by atoms with van der Waals surface area (Å²) in [5.74, 6) is -1.22. The first-order valence-corrected chi connectivity index (χ1v) is 7.55. The lowest BCUT2D eigenvalue weighted by Gasteiger charge is -2.14. The van der Waals surface area contributed by atoms with E-state index in [4.69, 9.17) is 0 Å². The van der Waals surface area contributed by atoms with E-state index in [2.05, 4.69) is 10.3 Å². The third-order valence-corrected chi connectivity index (χ3v) is 3.83. The lowest BCUT2D eigenvalue weighted by Crippen LogP contribution is -2.33. The van der Waals surface area contributed by atoms with Crippen molar-refractivity contribution < 1.29 is 9.90 Å². The van der Waals surface area contributed by atoms with E-state index in [0.717, 1.165) is 11.1 Å². The number of nitrogens with one attached hydrogen (secondary N) is 1. The molecule has 0 bridgehead atoms. The van der Waals surface area contributed by atoms with E-state index in [1.807, 2.05) is 37.3 Å². The van der Waals surface area contributed by atoms with Crippen LogP contribution in [0.5, 0.6) is 5.88 Å². The minimum absolute atomic E-state index is 0.288. The number of rotatable bonds is 3. The number of carbonyl (C=O) groups is 1. The van der Waals surface area contributed by atoms with E-state index in [1.165, 1.54) is 4.40 Å². The van der Waals surface area contributed by atoms with Crippen LogP contribution in [0.25, 0.3) is 5.65 Å². The molecule has 122 valence electrons. The maximum atomic E-state index is 12.6. The predicted molar refractivity (Wildman–Crippen MR) is 90.2 cm³/mol. The zero-order chi connectivity index (χ0) is 17.3. The van der Waals surface area contributed by atoms with Gasteiger partial charge >= 0.3 is 0 Å². The number of nitrogens with zero attached hydrogens (tertiary/aromatic N) is 2. The lowest BCUT2D eigenvalue weighted by atomic mass is 10.1. The molecular formula is C18H17N3O3. The van der Waals surface area contributed by atoms with Crippen molar-refractivity contribution >= 4 is 11.6 Å². The predicted octanol–water partition coefficient (Wildman–Crippen LogP) is 2.20. The summed E-state index contributed by atoms with van der Waals surface area (Å²) in [7, 11) is 0. The van der Waals surface area contributed by atoms with E-state index in [9.17, 15) is 14.7 Å². The molecule has 3 aromatic rings. The second kappa shape index (κ2) is 6.16. The molecule has 2 N–H and O–H groups in total. The van der Waals surface area contributed by atoms with Crippen molar-refractivity contribution in [2.45, 2.75) is 19.9 Å². The average Bonchev–Trinajstić information content (AvgIpc) is 2.56. The summed E-state index contributed by atoms with van der Waals surface area (Å²) in [6.07, 6.45) is 1.58. The normalized spacial score (nSPS) is 12.1. The molecular weight excluding hydrogens is 306 g/mol. The van der Waals surface area contributed by atoms with Crippen molar-refractivity contribution in [3.8, 4) is 5.88 Å². The van der Waals surface area contributed by atoms with Gasteiger partial charge in [-0.25, -0.2) is 0 Å². The van der Waals surface area contributed by atoms with Gasteiger partial charge in [-0.2, -0.15) is 4.98 Å². The largest absolute Gasteiger partial charge is 0.493 e. The first kappa shape index (κ1) is 15.7. The highest BCUT2D eigenvalue weighted by molar-refractivity contribution is 5.96. The van der Waals surface area contributed by atoms with Crippen LogP contribution < -0.4 is 10.9 Å². The Balaban J connectivity index is 1.99. The number of fused-ring (bicyclic) bond motifs is 1. The zero-order valence-corrected chi connectivity index (χ0v) is 13.4. The van der Waals surface area contributed by atoms with Gasteiger partial charge in [0.1, 0.15) is 5.65 Å². The van der Waals surface area contributed by atoms with Gasteiger partial charge in [-0.15, -0.1) is 0 Å². The highest BCUT2D eigenvalue weighted by Gasteiger charge is 2.21. The highest BCUT2D eigenvalue weighted by atomic mass is 16.3. The Morgan fingerprint density at radius 1 is 1.21 bits per heavy atom. The van der Waals surface area contributed by atoms with Gasteiger partial charge < -0.3 is 10.4 Å². The van der Waals surface area contributed by atoms with E-state index in [-0.39, 0.29) is 17.3 Å². The molecule has 1 atom stereocenters. The van der Waals surface area contributed by atoms with Crippen molar-refractivity contribution in [3.05, 3.63) is 75.7 Å². The monoisotopic (exact) mass is 323 g/mol. The SMILES string of the molecule is Cc1ccc2nc(O)c(C(=O)NC(C)c3ccccc3)c(=O)n2c1. The summed E-state index contributed by atoms with van der Waals surface area (Å²) in [5.41, 5.74) is 1.08. The molecule has 24 heavy (non-hydrogen) atoms. The first-order valence-electron chi connectivity index (χ1n) is 7.55. The van der Waals surface area contributed by atoms with Crippen molar-refractivity contribution in [2.75, 3.05) is 0 Å². The Kier molecular flexibility index (Phi) is 4.04. The quantitative estimate of drug-likeness (QED) is 0.774. The fraction of sp³-hybridized carbons (Fsp3) is 0.167. The second-order valence-corrected chi connectivity index (χ2v) is 5.66. The number of aryl methyl sites for hydroxylation is 1. The van der Waals surface area contributed by atoms with Crippen LogP contribution in [0.15, 0.2) is 53.5 Å². The Morgan fingerprint density at radius 3 is 2.62 bits per heavy atom. The number of carbonyl (C=O) groups excluding carboxylic acids is 1. The summed E-state index contributed by atoms with van der Waals surface area (Å²) >= 11 is 0. The van der Waals surface area contributed by atoms with Crippen LogP contribution in [0, 0.1) is 6.92 Å². The van der Waals surface area contributed by atoms with Crippen molar-refractivity contribution in [3.63, 3.8) is 0 Å². The third kappa shape index (κ3) is 2.86. The summed E-state index contributed by atoms with van der Waals surface area (Å²) in [4.78, 5) is 29.0. The number of hydrogen-bond acceptors (Lipinski definition) is 4. The molecule has 3 rings (SSSR count). The molecule has 0 aliphatic rings. The van der Waals surface area contributed by atoms with E-state index < -0.39 is 17.3 Å². The molecule has 1 amide bonds. The summed E-state index contributed by atoms with van der Waals surface area (Å²) in [5, 5.41) is 12.7. The van der Waals surface area contributed by atoms with Crippen molar-refractivity contribution in [1.82, 2.24) is 14.7 Å². The van der Waals surface area contributed by atoms with Gasteiger partial charge in [-0.1, -0.05) is 36.4 Å². The van der Waals surface area contributed by atoms with E-state index in [1.54, 1.807) is 25.3 Å². The van der Waals surface area contributed by atoms with E-state index in [0.29, 0.717) is 0 Å².